The molecule has 0 fully saturated rings. The Morgan fingerprint density at radius 2 is 1.75 bits per heavy atom. The van der Waals surface area contributed by atoms with Gasteiger partial charge in [-0.25, -0.2) is 0 Å². The third kappa shape index (κ3) is 2.47. The molecule has 0 saturated heterocycles. The number of aryl methyl sites for hydroxylation is 1. The maximum absolute atomic E-state index is 11.8. The Morgan fingerprint density at radius 3 is 2.19 bits per heavy atom. The van der Waals surface area contributed by atoms with Gasteiger partial charge in [-0.1, -0.05) is 0 Å². The Kier molecular flexibility index (Phi) is 4.19. The van der Waals surface area contributed by atoms with Crippen LogP contribution in [0.25, 0.3) is 0 Å². The monoisotopic (exact) mass is 242 g/mol. The molecule has 0 amide bonds. The zero-order valence-corrected chi connectivity index (χ0v) is 10.6. The van der Waals surface area contributed by atoms with E-state index in [1.165, 1.54) is 7.11 Å². The summed E-state index contributed by atoms with van der Waals surface area (Å²) in [5, 5.41) is -0.545. The van der Waals surface area contributed by atoms with Gasteiger partial charge in [-0.15, -0.1) is 11.6 Å². The number of carbonyl (C=O) groups is 1. The summed E-state index contributed by atoms with van der Waals surface area (Å²) in [7, 11) is 3.09. The van der Waals surface area contributed by atoms with E-state index in [0.717, 1.165) is 5.56 Å². The maximum Gasteiger partial charge on any atom is 0.180 e. The van der Waals surface area contributed by atoms with E-state index < -0.39 is 5.38 Å². The van der Waals surface area contributed by atoms with Gasteiger partial charge in [-0.05, 0) is 31.5 Å². The van der Waals surface area contributed by atoms with Crippen molar-refractivity contribution in [1.29, 1.82) is 0 Å². The van der Waals surface area contributed by atoms with Crippen molar-refractivity contribution in [2.24, 2.45) is 0 Å². The maximum atomic E-state index is 11.8. The van der Waals surface area contributed by atoms with Crippen molar-refractivity contribution in [3.63, 3.8) is 0 Å². The quantitative estimate of drug-likeness (QED) is 0.602. The van der Waals surface area contributed by atoms with Gasteiger partial charge in [0.15, 0.2) is 17.3 Å². The number of rotatable bonds is 4. The van der Waals surface area contributed by atoms with Crippen molar-refractivity contribution in [2.45, 2.75) is 19.2 Å². The van der Waals surface area contributed by atoms with Gasteiger partial charge in [0.1, 0.15) is 0 Å². The number of Topliss-reactive ketones (excluding diaryl/α,β-unsaturated/α-hetero) is 1. The summed E-state index contributed by atoms with van der Waals surface area (Å²) in [5.74, 6) is 1.03. The molecule has 0 spiro atoms. The minimum absolute atomic E-state index is 0.111. The predicted octanol–water partition coefficient (Wildman–Crippen LogP) is 2.82. The third-order valence-electron chi connectivity index (χ3n) is 2.36. The lowest BCUT2D eigenvalue weighted by Gasteiger charge is -2.12. The van der Waals surface area contributed by atoms with Gasteiger partial charge in [0.05, 0.1) is 19.6 Å². The number of carbonyl (C=O) groups excluding carboxylic acids is 1. The second-order valence-electron chi connectivity index (χ2n) is 3.50. The minimum atomic E-state index is -0.545. The first-order valence-corrected chi connectivity index (χ1v) is 5.35. The summed E-state index contributed by atoms with van der Waals surface area (Å²) in [6.45, 7) is 3.49. The van der Waals surface area contributed by atoms with E-state index in [1.807, 2.05) is 6.92 Å². The van der Waals surface area contributed by atoms with Crippen molar-refractivity contribution >= 4 is 17.4 Å². The molecule has 1 unspecified atom stereocenters. The molecule has 88 valence electrons. The van der Waals surface area contributed by atoms with Gasteiger partial charge < -0.3 is 9.47 Å². The number of alkyl halides is 1. The Morgan fingerprint density at radius 1 is 1.25 bits per heavy atom. The average molecular weight is 243 g/mol. The molecule has 0 aromatic heterocycles. The molecule has 3 nitrogen and oxygen atoms in total. The Balaban J connectivity index is 3.26. The van der Waals surface area contributed by atoms with Gasteiger partial charge in [0, 0.05) is 5.56 Å². The lowest BCUT2D eigenvalue weighted by atomic mass is 10.0. The second-order valence-corrected chi connectivity index (χ2v) is 4.16. The van der Waals surface area contributed by atoms with Gasteiger partial charge in [-0.3, -0.25) is 4.79 Å². The van der Waals surface area contributed by atoms with E-state index in [9.17, 15) is 4.79 Å². The Bertz CT molecular complexity index is 399. The highest BCUT2D eigenvalue weighted by Crippen LogP contribution is 2.31. The molecule has 1 aromatic carbocycles. The normalized spacial score (nSPS) is 12.1. The van der Waals surface area contributed by atoms with Crippen LogP contribution in [0.15, 0.2) is 12.1 Å². The van der Waals surface area contributed by atoms with Crippen molar-refractivity contribution in [2.75, 3.05) is 14.2 Å². The first-order chi connectivity index (χ1) is 7.51. The van der Waals surface area contributed by atoms with Crippen LogP contribution < -0.4 is 9.47 Å². The highest BCUT2D eigenvalue weighted by molar-refractivity contribution is 6.33. The van der Waals surface area contributed by atoms with Crippen LogP contribution in [0, 0.1) is 6.92 Å². The topological polar surface area (TPSA) is 35.5 Å². The summed E-state index contributed by atoms with van der Waals surface area (Å²) < 4.78 is 10.3. The van der Waals surface area contributed by atoms with Crippen LogP contribution in [0.1, 0.15) is 22.8 Å². The number of ether oxygens (including phenoxy) is 2. The first-order valence-electron chi connectivity index (χ1n) is 4.92. The Hall–Kier alpha value is -1.22. The van der Waals surface area contributed by atoms with Crippen LogP contribution in [-0.4, -0.2) is 25.4 Å². The zero-order chi connectivity index (χ0) is 12.3. The summed E-state index contributed by atoms with van der Waals surface area (Å²) in [5.41, 5.74) is 1.40. The highest BCUT2D eigenvalue weighted by atomic mass is 35.5. The predicted molar refractivity (Wildman–Crippen MR) is 63.9 cm³/mol. The number of hydrogen-bond acceptors (Lipinski definition) is 3. The van der Waals surface area contributed by atoms with Crippen LogP contribution in [0.5, 0.6) is 11.5 Å². The van der Waals surface area contributed by atoms with Crippen LogP contribution in [0.2, 0.25) is 0 Å². The number of halogens is 1. The summed E-state index contributed by atoms with van der Waals surface area (Å²) in [6.07, 6.45) is 0. The van der Waals surface area contributed by atoms with Crippen molar-refractivity contribution < 1.29 is 14.3 Å². The molecular weight excluding hydrogens is 228 g/mol. The lowest BCUT2D eigenvalue weighted by molar-refractivity contribution is 0.0991. The Labute approximate surface area is 100 Å². The fourth-order valence-corrected chi connectivity index (χ4v) is 1.58. The van der Waals surface area contributed by atoms with Crippen molar-refractivity contribution in [3.8, 4) is 11.5 Å². The molecule has 1 aromatic rings. The molecule has 0 radical (unpaired) electrons. The van der Waals surface area contributed by atoms with E-state index in [-0.39, 0.29) is 5.78 Å². The fraction of sp³-hybridized carbons (Fsp3) is 0.417. The van der Waals surface area contributed by atoms with Crippen LogP contribution in [-0.2, 0) is 0 Å². The second kappa shape index (κ2) is 5.21. The summed E-state index contributed by atoms with van der Waals surface area (Å²) >= 11 is 5.78. The van der Waals surface area contributed by atoms with E-state index in [0.29, 0.717) is 17.1 Å². The van der Waals surface area contributed by atoms with Gasteiger partial charge in [0.25, 0.3) is 0 Å². The number of hydrogen-bond donors (Lipinski definition) is 0. The molecule has 0 saturated carbocycles. The molecule has 0 aliphatic rings. The lowest BCUT2D eigenvalue weighted by Crippen LogP contribution is -2.12. The third-order valence-corrected chi connectivity index (χ3v) is 2.56. The minimum Gasteiger partial charge on any atom is -0.493 e. The molecule has 0 heterocycles. The molecule has 4 heteroatoms. The summed E-state index contributed by atoms with van der Waals surface area (Å²) in [6, 6.07) is 3.43. The highest BCUT2D eigenvalue weighted by Gasteiger charge is 2.17. The van der Waals surface area contributed by atoms with E-state index >= 15 is 0 Å². The van der Waals surface area contributed by atoms with E-state index in [4.69, 9.17) is 21.1 Å². The molecule has 0 bridgehead atoms. The van der Waals surface area contributed by atoms with Crippen molar-refractivity contribution in [1.82, 2.24) is 0 Å². The molecule has 0 N–H and O–H groups in total. The molecule has 0 aliphatic heterocycles. The van der Waals surface area contributed by atoms with E-state index in [1.54, 1.807) is 26.2 Å². The van der Waals surface area contributed by atoms with Crippen molar-refractivity contribution in [3.05, 3.63) is 23.3 Å². The van der Waals surface area contributed by atoms with E-state index in [2.05, 4.69) is 0 Å². The van der Waals surface area contributed by atoms with Crippen LogP contribution in [0.4, 0.5) is 0 Å². The molecule has 1 rings (SSSR count). The van der Waals surface area contributed by atoms with Gasteiger partial charge in [-0.2, -0.15) is 0 Å². The molecule has 0 aliphatic carbocycles. The summed E-state index contributed by atoms with van der Waals surface area (Å²) in [4.78, 5) is 11.8. The number of benzene rings is 1. The SMILES string of the molecule is COc1cc(C)c(C(=O)C(C)Cl)cc1OC. The smallest absolute Gasteiger partial charge is 0.180 e. The van der Waals surface area contributed by atoms with Crippen LogP contribution >= 0.6 is 11.6 Å². The fourth-order valence-electron chi connectivity index (χ4n) is 1.46. The zero-order valence-electron chi connectivity index (χ0n) is 9.83. The molecule has 1 atom stereocenters. The number of methoxy groups -OCH3 is 2. The molecular formula is C12H15ClO3. The first kappa shape index (κ1) is 12.8. The van der Waals surface area contributed by atoms with Crippen LogP contribution in [0.3, 0.4) is 0 Å². The van der Waals surface area contributed by atoms with Gasteiger partial charge in [0.2, 0.25) is 0 Å². The van der Waals surface area contributed by atoms with Gasteiger partial charge >= 0.3 is 0 Å². The average Bonchev–Trinajstić information content (AvgIpc) is 2.27. The largest absolute Gasteiger partial charge is 0.493 e. The standard InChI is InChI=1S/C12H15ClO3/c1-7-5-10(15-3)11(16-4)6-9(7)12(14)8(2)13/h5-6,8H,1-4H3. The number of ketones is 1. The molecule has 16 heavy (non-hydrogen) atoms.